The van der Waals surface area contributed by atoms with Crippen LogP contribution in [0.4, 0.5) is 4.39 Å². The van der Waals surface area contributed by atoms with Crippen LogP contribution in [0.15, 0.2) is 47.6 Å². The van der Waals surface area contributed by atoms with Crippen LogP contribution in [0.5, 0.6) is 0 Å². The Morgan fingerprint density at radius 2 is 2.30 bits per heavy atom. The molecular weight excluding hydrogens is 275 g/mol. The van der Waals surface area contributed by atoms with Gasteiger partial charge < -0.3 is 5.32 Å². The van der Waals surface area contributed by atoms with Crippen molar-refractivity contribution in [1.29, 1.82) is 0 Å². The van der Waals surface area contributed by atoms with Gasteiger partial charge in [-0.25, -0.2) is 4.39 Å². The molecule has 1 aromatic heterocycles. The van der Waals surface area contributed by atoms with E-state index in [0.717, 1.165) is 22.6 Å². The largest absolute Gasteiger partial charge is 0.345 e. The Morgan fingerprint density at radius 3 is 3.10 bits per heavy atom. The van der Waals surface area contributed by atoms with Crippen LogP contribution in [0.25, 0.3) is 0 Å². The quantitative estimate of drug-likeness (QED) is 0.922. The number of nitrogens with zero attached hydrogens (tertiary/aromatic N) is 1. The highest BCUT2D eigenvalue weighted by Crippen LogP contribution is 2.36. The minimum atomic E-state index is -0.271. The van der Waals surface area contributed by atoms with Crippen molar-refractivity contribution in [2.75, 3.05) is 5.75 Å². The van der Waals surface area contributed by atoms with Crippen LogP contribution in [0.3, 0.4) is 0 Å². The van der Waals surface area contributed by atoms with Crippen molar-refractivity contribution in [2.24, 2.45) is 0 Å². The zero-order valence-electron chi connectivity index (χ0n) is 10.7. The lowest BCUT2D eigenvalue weighted by molar-refractivity contribution is 0.0934. The number of pyridine rings is 1. The van der Waals surface area contributed by atoms with Gasteiger partial charge in [0.15, 0.2) is 0 Å². The molecule has 102 valence electrons. The molecule has 3 rings (SSSR count). The van der Waals surface area contributed by atoms with Crippen LogP contribution in [0, 0.1) is 5.82 Å². The first-order valence-electron chi connectivity index (χ1n) is 6.37. The summed E-state index contributed by atoms with van der Waals surface area (Å²) in [5.74, 6) is 0.466. The number of hydrogen-bond donors (Lipinski definition) is 1. The van der Waals surface area contributed by atoms with Crippen molar-refractivity contribution in [3.8, 4) is 0 Å². The fraction of sp³-hybridized carbons (Fsp3) is 0.200. The predicted octanol–water partition coefficient (Wildman–Crippen LogP) is 3.19. The zero-order valence-corrected chi connectivity index (χ0v) is 11.5. The van der Waals surface area contributed by atoms with Crippen molar-refractivity contribution in [3.63, 3.8) is 0 Å². The molecule has 1 amide bonds. The van der Waals surface area contributed by atoms with E-state index >= 15 is 0 Å². The molecule has 1 aromatic carbocycles. The van der Waals surface area contributed by atoms with Gasteiger partial charge in [0.25, 0.3) is 5.91 Å². The Labute approximate surface area is 120 Å². The second-order valence-electron chi connectivity index (χ2n) is 4.59. The summed E-state index contributed by atoms with van der Waals surface area (Å²) < 4.78 is 13.4. The Bertz CT molecular complexity index is 633. The number of halogens is 1. The fourth-order valence-corrected chi connectivity index (χ4v) is 3.36. The van der Waals surface area contributed by atoms with Crippen LogP contribution in [-0.4, -0.2) is 16.6 Å². The lowest BCUT2D eigenvalue weighted by Gasteiger charge is -2.26. The van der Waals surface area contributed by atoms with E-state index in [0.29, 0.717) is 5.56 Å². The van der Waals surface area contributed by atoms with E-state index in [9.17, 15) is 9.18 Å². The lowest BCUT2D eigenvalue weighted by atomic mass is 10.0. The SMILES string of the molecule is O=C(NC1CCSc2ccc(F)cc21)c1cccnc1. The molecule has 2 aromatic rings. The van der Waals surface area contributed by atoms with E-state index in [1.807, 2.05) is 0 Å². The number of rotatable bonds is 2. The number of benzene rings is 1. The molecule has 3 nitrogen and oxygen atoms in total. The summed E-state index contributed by atoms with van der Waals surface area (Å²) in [6, 6.07) is 8.03. The minimum Gasteiger partial charge on any atom is -0.345 e. The van der Waals surface area contributed by atoms with E-state index in [-0.39, 0.29) is 17.8 Å². The monoisotopic (exact) mass is 288 g/mol. The maximum Gasteiger partial charge on any atom is 0.253 e. The van der Waals surface area contributed by atoms with E-state index < -0.39 is 0 Å². The maximum atomic E-state index is 13.4. The van der Waals surface area contributed by atoms with Crippen molar-refractivity contribution >= 4 is 17.7 Å². The van der Waals surface area contributed by atoms with E-state index in [1.54, 1.807) is 36.2 Å². The first-order valence-corrected chi connectivity index (χ1v) is 7.36. The van der Waals surface area contributed by atoms with Crippen LogP contribution in [0.1, 0.15) is 28.4 Å². The molecule has 0 spiro atoms. The van der Waals surface area contributed by atoms with Crippen LogP contribution in [-0.2, 0) is 0 Å². The molecule has 1 N–H and O–H groups in total. The topological polar surface area (TPSA) is 42.0 Å². The standard InChI is InChI=1S/C15H13FN2OS/c16-11-3-4-14-12(8-11)13(5-7-20-14)18-15(19)10-2-1-6-17-9-10/h1-4,6,8-9,13H,5,7H2,(H,18,19). The minimum absolute atomic E-state index is 0.144. The average molecular weight is 288 g/mol. The fourth-order valence-electron chi connectivity index (χ4n) is 2.25. The smallest absolute Gasteiger partial charge is 0.253 e. The van der Waals surface area contributed by atoms with Gasteiger partial charge in [-0.15, -0.1) is 11.8 Å². The molecule has 1 atom stereocenters. The molecule has 20 heavy (non-hydrogen) atoms. The summed E-state index contributed by atoms with van der Waals surface area (Å²) in [4.78, 5) is 17.1. The van der Waals surface area contributed by atoms with Crippen molar-refractivity contribution in [1.82, 2.24) is 10.3 Å². The number of carbonyl (C=O) groups is 1. The maximum absolute atomic E-state index is 13.4. The number of aromatic nitrogens is 1. The van der Waals surface area contributed by atoms with Crippen LogP contribution in [0.2, 0.25) is 0 Å². The Kier molecular flexibility index (Phi) is 3.69. The number of carbonyl (C=O) groups excluding carboxylic acids is 1. The van der Waals surface area contributed by atoms with Gasteiger partial charge in [0, 0.05) is 23.0 Å². The van der Waals surface area contributed by atoms with Crippen LogP contribution < -0.4 is 5.32 Å². The van der Waals surface area contributed by atoms with Crippen molar-refractivity contribution in [3.05, 3.63) is 59.7 Å². The van der Waals surface area contributed by atoms with Gasteiger partial charge in [-0.3, -0.25) is 9.78 Å². The predicted molar refractivity (Wildman–Crippen MR) is 76.2 cm³/mol. The number of fused-ring (bicyclic) bond motifs is 1. The molecule has 1 aliphatic heterocycles. The van der Waals surface area contributed by atoms with E-state index in [4.69, 9.17) is 0 Å². The number of nitrogens with one attached hydrogen (secondary N) is 1. The molecule has 1 unspecified atom stereocenters. The second kappa shape index (κ2) is 5.63. The third-order valence-corrected chi connectivity index (χ3v) is 4.36. The highest BCUT2D eigenvalue weighted by Gasteiger charge is 2.23. The van der Waals surface area contributed by atoms with E-state index in [2.05, 4.69) is 10.3 Å². The molecular formula is C15H13FN2OS. The van der Waals surface area contributed by atoms with Gasteiger partial charge in [0.2, 0.25) is 0 Å². The molecule has 0 bridgehead atoms. The summed E-state index contributed by atoms with van der Waals surface area (Å²) in [6.45, 7) is 0. The Hall–Kier alpha value is -1.88. The van der Waals surface area contributed by atoms with Gasteiger partial charge in [0.05, 0.1) is 11.6 Å². The van der Waals surface area contributed by atoms with Gasteiger partial charge in [-0.1, -0.05) is 0 Å². The molecule has 5 heteroatoms. The number of amides is 1. The third-order valence-electron chi connectivity index (χ3n) is 3.24. The van der Waals surface area contributed by atoms with Gasteiger partial charge >= 0.3 is 0 Å². The third kappa shape index (κ3) is 2.67. The van der Waals surface area contributed by atoms with Crippen molar-refractivity contribution in [2.45, 2.75) is 17.4 Å². The number of thioether (sulfide) groups is 1. The number of hydrogen-bond acceptors (Lipinski definition) is 3. The van der Waals surface area contributed by atoms with Gasteiger partial charge in [-0.05, 0) is 42.3 Å². The molecule has 1 aliphatic rings. The molecule has 0 saturated heterocycles. The summed E-state index contributed by atoms with van der Waals surface area (Å²) in [5.41, 5.74) is 1.38. The van der Waals surface area contributed by atoms with Gasteiger partial charge in [-0.2, -0.15) is 0 Å². The van der Waals surface area contributed by atoms with E-state index in [1.165, 1.54) is 18.3 Å². The first-order chi connectivity index (χ1) is 9.74. The summed E-state index contributed by atoms with van der Waals surface area (Å²) in [5, 5.41) is 2.96. The summed E-state index contributed by atoms with van der Waals surface area (Å²) in [7, 11) is 0. The second-order valence-corrected chi connectivity index (χ2v) is 5.72. The Balaban J connectivity index is 1.83. The molecule has 0 fully saturated rings. The summed E-state index contributed by atoms with van der Waals surface area (Å²) in [6.07, 6.45) is 3.95. The van der Waals surface area contributed by atoms with Crippen molar-refractivity contribution < 1.29 is 9.18 Å². The molecule has 0 aliphatic carbocycles. The normalized spacial score (nSPS) is 17.4. The zero-order chi connectivity index (χ0) is 13.9. The summed E-state index contributed by atoms with van der Waals surface area (Å²) >= 11 is 1.69. The highest BCUT2D eigenvalue weighted by atomic mass is 32.2. The van der Waals surface area contributed by atoms with Crippen LogP contribution >= 0.6 is 11.8 Å². The Morgan fingerprint density at radius 1 is 1.40 bits per heavy atom. The highest BCUT2D eigenvalue weighted by molar-refractivity contribution is 7.99. The molecule has 2 heterocycles. The average Bonchev–Trinajstić information content (AvgIpc) is 2.49. The lowest BCUT2D eigenvalue weighted by Crippen LogP contribution is -2.30. The molecule has 0 radical (unpaired) electrons. The first kappa shape index (κ1) is 13.1. The van der Waals surface area contributed by atoms with Gasteiger partial charge in [0.1, 0.15) is 5.82 Å². The molecule has 0 saturated carbocycles.